The third kappa shape index (κ3) is 9.72. The lowest BCUT2D eigenvalue weighted by Gasteiger charge is -2.71. The Bertz CT molecular complexity index is 2190. The summed E-state index contributed by atoms with van der Waals surface area (Å²) >= 11 is 0. The number of aliphatic hydroxyl groups excluding tert-OH is 13. The Kier molecular flexibility index (Phi) is 16.9. The Hall–Kier alpha value is -2.12. The number of carbonyl (C=O) groups excluding carboxylic acids is 1. The van der Waals surface area contributed by atoms with Crippen molar-refractivity contribution in [2.75, 3.05) is 19.8 Å². The summed E-state index contributed by atoms with van der Waals surface area (Å²) in [6.45, 7) is 13.2. The summed E-state index contributed by atoms with van der Waals surface area (Å²) in [5, 5.41) is 149. The van der Waals surface area contributed by atoms with Crippen molar-refractivity contribution in [2.45, 2.75) is 242 Å². The van der Waals surface area contributed by atoms with E-state index in [0.717, 1.165) is 19.3 Å². The van der Waals surface area contributed by atoms with E-state index in [1.807, 2.05) is 0 Å². The highest BCUT2D eigenvalue weighted by atomic mass is 16.8. The molecule has 0 aromatic carbocycles. The fourth-order valence-electron chi connectivity index (χ4n) is 16.5. The van der Waals surface area contributed by atoms with Crippen molar-refractivity contribution >= 4 is 11.9 Å². The van der Waals surface area contributed by atoms with Crippen molar-refractivity contribution in [2.24, 2.45) is 50.2 Å². The summed E-state index contributed by atoms with van der Waals surface area (Å²) in [4.78, 5) is 27.9. The van der Waals surface area contributed by atoms with Crippen molar-refractivity contribution in [1.82, 2.24) is 0 Å². The second kappa shape index (κ2) is 21.8. The van der Waals surface area contributed by atoms with Gasteiger partial charge in [0, 0.05) is 0 Å². The van der Waals surface area contributed by atoms with Gasteiger partial charge in [-0.25, -0.2) is 4.79 Å². The predicted molar refractivity (Wildman–Crippen MR) is 263 cm³/mol. The molecule has 9 rings (SSSR count). The SMILES string of the molecule is CC1(C)CC[C@]2(C(=O)O[C@@H]3O[C@H](CO)[C@@H](O)[C@H](O)[C@H]3O)CC[C@]3(C)C(=CC[C@@H]4[C@@]5(C)CC[C@H](O[C@@H]6O[C@H](C(=O)O)[C@@H](O[C@@H]7O[C@H](CO)[C@@H](O)[C@H](O)[C@H]7O)[C@H](O)[C@H]6O[C@@H]6O[C@H](CO)[C@@H](O)[C@H](O)[C@H]6O)C(C)(C)[C@@H]5CC[C@]43C)[C@@H]2C1. The molecule has 4 aliphatic heterocycles. The minimum absolute atomic E-state index is 0.0129. The van der Waals surface area contributed by atoms with E-state index in [-0.39, 0.29) is 39.4 Å². The maximum atomic E-state index is 14.8. The first-order valence-corrected chi connectivity index (χ1v) is 27.8. The minimum atomic E-state index is -2.10. The van der Waals surface area contributed by atoms with Crippen LogP contribution in [-0.4, -0.2) is 232 Å². The smallest absolute Gasteiger partial charge is 0.335 e. The van der Waals surface area contributed by atoms with E-state index in [2.05, 4.69) is 54.5 Å². The standard InChI is InChI=1S/C54H86O24/c1-49(2)14-16-54(48(70)78-46-38(66)35(63)32(60)26(21-57)73-46)17-15-52(6)22(23(54)18-49)8-9-28-51(5)12-11-29(50(3,4)27(51)10-13-53(28,52)7)74-47-41(76-45-37(65)34(62)31(59)25(20-56)72-45)39(67)40(42(77-47)43(68)69)75-44-36(64)33(61)30(58)24(19-55)71-44/h8,23-42,44-47,55-67H,9-21H2,1-7H3,(H,68,69)/t23-,24+,25+,26+,27-,28+,29-,30+,31+,32+,33-,34-,35-,36+,37+,38+,39-,40-,41+,42-,44-,45-,46-,47+,51-,52+,53+,54-/m0/s1. The topological polar surface area (TPSA) is 391 Å². The molecule has 5 aliphatic carbocycles. The number of allylic oxidation sites excluding steroid dienone is 2. The van der Waals surface area contributed by atoms with E-state index in [4.69, 9.17) is 37.9 Å². The molecule has 8 fully saturated rings. The summed E-state index contributed by atoms with van der Waals surface area (Å²) in [5.41, 5.74) is -1.51. The maximum absolute atomic E-state index is 14.8. The minimum Gasteiger partial charge on any atom is -0.479 e. The van der Waals surface area contributed by atoms with Gasteiger partial charge < -0.3 is 109 Å². The zero-order chi connectivity index (χ0) is 57.1. The molecule has 0 aromatic rings. The van der Waals surface area contributed by atoms with Crippen LogP contribution in [0.4, 0.5) is 0 Å². The lowest BCUT2D eigenvalue weighted by Crippen LogP contribution is -2.68. The van der Waals surface area contributed by atoms with E-state index < -0.39 is 172 Å². The van der Waals surface area contributed by atoms with Gasteiger partial charge >= 0.3 is 11.9 Å². The molecule has 4 heterocycles. The van der Waals surface area contributed by atoms with E-state index in [9.17, 15) is 81.1 Å². The number of carboxylic acid groups (broad SMARTS) is 1. The molecule has 0 unspecified atom stereocenters. The summed E-state index contributed by atoms with van der Waals surface area (Å²) in [6, 6.07) is 0. The number of hydrogen-bond donors (Lipinski definition) is 14. The molecular formula is C54H86O24. The average Bonchev–Trinajstić information content (AvgIpc) is 2.51. The molecule has 4 saturated carbocycles. The van der Waals surface area contributed by atoms with Crippen molar-refractivity contribution < 1.29 is 119 Å². The highest BCUT2D eigenvalue weighted by Crippen LogP contribution is 2.76. The van der Waals surface area contributed by atoms with Gasteiger partial charge in [0.1, 0.15) is 91.6 Å². The van der Waals surface area contributed by atoms with E-state index in [1.165, 1.54) is 5.57 Å². The first-order chi connectivity index (χ1) is 36.5. The molecule has 0 radical (unpaired) electrons. The number of carbonyl (C=O) groups is 2. The first-order valence-electron chi connectivity index (χ1n) is 27.8. The number of fused-ring (bicyclic) bond motifs is 7. The zero-order valence-electron chi connectivity index (χ0n) is 45.5. The van der Waals surface area contributed by atoms with Gasteiger partial charge in [-0.05, 0) is 109 Å². The number of esters is 1. The largest absolute Gasteiger partial charge is 0.479 e. The summed E-state index contributed by atoms with van der Waals surface area (Å²) in [5.74, 6) is -2.30. The molecule has 9 aliphatic rings. The van der Waals surface area contributed by atoms with E-state index in [0.29, 0.717) is 44.9 Å². The third-order valence-electron chi connectivity index (χ3n) is 21.4. The second-order valence-electron chi connectivity index (χ2n) is 26.3. The van der Waals surface area contributed by atoms with Crippen LogP contribution in [0.5, 0.6) is 0 Å². The molecule has 0 amide bonds. The summed E-state index contributed by atoms with van der Waals surface area (Å²) in [6.07, 6.45) is -27.8. The number of hydrogen-bond acceptors (Lipinski definition) is 23. The van der Waals surface area contributed by atoms with Crippen LogP contribution in [-0.2, 0) is 47.5 Å². The molecule has 78 heavy (non-hydrogen) atoms. The highest BCUT2D eigenvalue weighted by molar-refractivity contribution is 5.79. The average molecular weight is 1120 g/mol. The Morgan fingerprint density at radius 3 is 1.60 bits per heavy atom. The van der Waals surface area contributed by atoms with Gasteiger partial charge in [-0.1, -0.05) is 60.1 Å². The molecule has 14 N–H and O–H groups in total. The highest BCUT2D eigenvalue weighted by Gasteiger charge is 2.70. The molecule has 24 heteroatoms. The first kappa shape index (κ1) is 60.5. The molecule has 0 bridgehead atoms. The maximum Gasteiger partial charge on any atom is 0.335 e. The fourth-order valence-corrected chi connectivity index (χ4v) is 16.5. The van der Waals surface area contributed by atoms with Gasteiger partial charge in [-0.15, -0.1) is 0 Å². The van der Waals surface area contributed by atoms with Crippen LogP contribution in [0, 0.1) is 50.2 Å². The van der Waals surface area contributed by atoms with Crippen molar-refractivity contribution in [3.05, 3.63) is 11.6 Å². The Morgan fingerprint density at radius 2 is 1.06 bits per heavy atom. The van der Waals surface area contributed by atoms with E-state index >= 15 is 0 Å². The summed E-state index contributed by atoms with van der Waals surface area (Å²) in [7, 11) is 0. The van der Waals surface area contributed by atoms with Gasteiger partial charge in [0.25, 0.3) is 0 Å². The van der Waals surface area contributed by atoms with Crippen LogP contribution >= 0.6 is 0 Å². The van der Waals surface area contributed by atoms with Crippen LogP contribution in [0.1, 0.15) is 113 Å². The van der Waals surface area contributed by atoms with Crippen LogP contribution in [0.3, 0.4) is 0 Å². The van der Waals surface area contributed by atoms with Crippen LogP contribution < -0.4 is 0 Å². The monoisotopic (exact) mass is 1120 g/mol. The molecule has 0 spiro atoms. The Labute approximate surface area is 453 Å². The van der Waals surface area contributed by atoms with Crippen molar-refractivity contribution in [3.8, 4) is 0 Å². The van der Waals surface area contributed by atoms with Gasteiger partial charge in [0.05, 0.1) is 31.3 Å². The predicted octanol–water partition coefficient (Wildman–Crippen LogP) is -1.94. The molecular weight excluding hydrogens is 1030 g/mol. The van der Waals surface area contributed by atoms with Gasteiger partial charge in [-0.3, -0.25) is 4.79 Å². The van der Waals surface area contributed by atoms with Crippen molar-refractivity contribution in [1.29, 1.82) is 0 Å². The van der Waals surface area contributed by atoms with Gasteiger partial charge in [0.15, 0.2) is 25.0 Å². The summed E-state index contributed by atoms with van der Waals surface area (Å²) < 4.78 is 47.8. The number of aliphatic hydroxyl groups is 13. The second-order valence-corrected chi connectivity index (χ2v) is 26.3. The van der Waals surface area contributed by atoms with Crippen LogP contribution in [0.2, 0.25) is 0 Å². The van der Waals surface area contributed by atoms with E-state index in [1.54, 1.807) is 0 Å². The number of aliphatic carboxylic acids is 1. The quantitative estimate of drug-likeness (QED) is 0.0574. The molecule has 446 valence electrons. The van der Waals surface area contributed by atoms with Crippen LogP contribution in [0.25, 0.3) is 0 Å². The number of ether oxygens (including phenoxy) is 8. The number of carboxylic acids is 1. The molecule has 0 aromatic heterocycles. The van der Waals surface area contributed by atoms with Crippen molar-refractivity contribution in [3.63, 3.8) is 0 Å². The molecule has 24 nitrogen and oxygen atoms in total. The lowest BCUT2D eigenvalue weighted by molar-refractivity contribution is -0.391. The Balaban J connectivity index is 0.987. The molecule has 28 atom stereocenters. The third-order valence-corrected chi connectivity index (χ3v) is 21.4. The van der Waals surface area contributed by atoms with Gasteiger partial charge in [0.2, 0.25) is 6.29 Å². The molecule has 4 saturated heterocycles. The normalized spacial score (nSPS) is 52.8. The Morgan fingerprint density at radius 1 is 0.551 bits per heavy atom. The van der Waals surface area contributed by atoms with Gasteiger partial charge in [-0.2, -0.15) is 0 Å². The zero-order valence-corrected chi connectivity index (χ0v) is 45.5. The lowest BCUT2D eigenvalue weighted by atomic mass is 9.33. The van der Waals surface area contributed by atoms with Crippen LogP contribution in [0.15, 0.2) is 11.6 Å². The number of rotatable bonds is 12. The fraction of sp³-hybridized carbons (Fsp3) is 0.926.